The number of aromatic nitrogens is 4. The van der Waals surface area contributed by atoms with E-state index in [4.69, 9.17) is 0 Å². The van der Waals surface area contributed by atoms with E-state index in [1.54, 1.807) is 4.57 Å². The van der Waals surface area contributed by atoms with Crippen molar-refractivity contribution in [2.45, 2.75) is 52.2 Å². The molecule has 0 unspecified atom stereocenters. The van der Waals surface area contributed by atoms with Crippen LogP contribution in [0.25, 0.3) is 21.9 Å². The number of fused-ring (bicyclic) bond motifs is 2. The van der Waals surface area contributed by atoms with Crippen LogP contribution in [-0.2, 0) is 13.1 Å². The van der Waals surface area contributed by atoms with E-state index in [0.29, 0.717) is 17.1 Å². The molecule has 0 atom stereocenters. The van der Waals surface area contributed by atoms with Crippen molar-refractivity contribution in [3.8, 4) is 0 Å². The molecule has 1 N–H and O–H groups in total. The lowest BCUT2D eigenvalue weighted by Gasteiger charge is -2.23. The van der Waals surface area contributed by atoms with Crippen LogP contribution in [0.15, 0.2) is 58.1 Å². The van der Waals surface area contributed by atoms with Gasteiger partial charge in [-0.15, -0.1) is 0 Å². The summed E-state index contributed by atoms with van der Waals surface area (Å²) in [5.74, 6) is 1.15. The predicted molar refractivity (Wildman–Crippen MR) is 132 cm³/mol. The molecule has 0 saturated carbocycles. The smallest absolute Gasteiger partial charge is 0.327 e. The van der Waals surface area contributed by atoms with Crippen molar-refractivity contribution in [3.05, 3.63) is 75.2 Å². The van der Waals surface area contributed by atoms with Crippen LogP contribution in [0.5, 0.6) is 0 Å². The van der Waals surface area contributed by atoms with Gasteiger partial charge in [-0.05, 0) is 62.5 Å². The molecule has 0 bridgehead atoms. The third-order valence-electron chi connectivity index (χ3n) is 6.74. The van der Waals surface area contributed by atoms with Gasteiger partial charge in [0.2, 0.25) is 0 Å². The monoisotopic (exact) mass is 445 g/mol. The number of piperidine rings is 1. The third-order valence-corrected chi connectivity index (χ3v) is 6.74. The van der Waals surface area contributed by atoms with Gasteiger partial charge in [-0.2, -0.15) is 4.98 Å². The van der Waals surface area contributed by atoms with Crippen molar-refractivity contribution in [2.24, 2.45) is 5.92 Å². The first kappa shape index (κ1) is 21.6. The highest BCUT2D eigenvalue weighted by molar-refractivity contribution is 5.78. The molecule has 1 aliphatic heterocycles. The summed E-state index contributed by atoms with van der Waals surface area (Å²) in [7, 11) is 0. The van der Waals surface area contributed by atoms with Gasteiger partial charge in [0.25, 0.3) is 5.56 Å². The minimum atomic E-state index is -0.239. The van der Waals surface area contributed by atoms with E-state index < -0.39 is 0 Å². The molecule has 1 aliphatic rings. The number of imidazole rings is 1. The van der Waals surface area contributed by atoms with E-state index in [2.05, 4.69) is 28.7 Å². The maximum absolute atomic E-state index is 13.7. The molecule has 3 heterocycles. The number of nitrogens with zero attached hydrogens (tertiary/aromatic N) is 4. The highest BCUT2D eigenvalue weighted by atomic mass is 16.2. The summed E-state index contributed by atoms with van der Waals surface area (Å²) in [5, 5.41) is 4.00. The Morgan fingerprint density at radius 2 is 1.61 bits per heavy atom. The summed E-state index contributed by atoms with van der Waals surface area (Å²) in [6, 6.07) is 15.8. The minimum absolute atomic E-state index is 0.0269. The quantitative estimate of drug-likeness (QED) is 0.493. The first-order chi connectivity index (χ1) is 16.0. The highest BCUT2D eigenvalue weighted by Crippen LogP contribution is 2.24. The Balaban J connectivity index is 1.67. The van der Waals surface area contributed by atoms with E-state index in [-0.39, 0.29) is 23.8 Å². The van der Waals surface area contributed by atoms with Crippen LogP contribution < -0.4 is 16.6 Å². The molecule has 1 saturated heterocycles. The van der Waals surface area contributed by atoms with E-state index in [9.17, 15) is 9.59 Å². The average Bonchev–Trinajstić information content (AvgIpc) is 3.10. The summed E-state index contributed by atoms with van der Waals surface area (Å²) in [6.45, 7) is 7.23. The fourth-order valence-electron chi connectivity index (χ4n) is 4.97. The molecule has 0 radical (unpaired) electrons. The van der Waals surface area contributed by atoms with Crippen molar-refractivity contribution >= 4 is 21.9 Å². The Bertz CT molecular complexity index is 1410. The first-order valence-corrected chi connectivity index (χ1v) is 11.9. The number of hydrogen-bond donors (Lipinski definition) is 1. The predicted octanol–water partition coefficient (Wildman–Crippen LogP) is 3.53. The lowest BCUT2D eigenvalue weighted by atomic mass is 10.1. The molecular weight excluding hydrogens is 414 g/mol. The van der Waals surface area contributed by atoms with Crippen LogP contribution in [0, 0.1) is 5.92 Å². The Morgan fingerprint density at radius 3 is 2.33 bits per heavy atom. The van der Waals surface area contributed by atoms with Gasteiger partial charge in [0.1, 0.15) is 5.82 Å². The van der Waals surface area contributed by atoms with Crippen molar-refractivity contribution in [3.63, 3.8) is 0 Å². The van der Waals surface area contributed by atoms with E-state index in [1.807, 2.05) is 53.1 Å². The van der Waals surface area contributed by atoms with Gasteiger partial charge in [0, 0.05) is 12.6 Å². The summed E-state index contributed by atoms with van der Waals surface area (Å²) in [4.78, 5) is 31.0. The molecule has 0 aliphatic carbocycles. The van der Waals surface area contributed by atoms with Crippen LogP contribution in [-0.4, -0.2) is 31.8 Å². The van der Waals surface area contributed by atoms with Crippen molar-refractivity contribution in [2.75, 3.05) is 13.1 Å². The number of benzene rings is 2. The average molecular weight is 446 g/mol. The molecule has 5 rings (SSSR count). The minimum Gasteiger partial charge on any atom is -0.327 e. The van der Waals surface area contributed by atoms with Crippen molar-refractivity contribution < 1.29 is 0 Å². The Kier molecular flexibility index (Phi) is 5.89. The van der Waals surface area contributed by atoms with Gasteiger partial charge in [-0.25, -0.2) is 4.79 Å². The van der Waals surface area contributed by atoms with Gasteiger partial charge in [-0.1, -0.05) is 38.1 Å². The largest absolute Gasteiger partial charge is 0.329 e. The van der Waals surface area contributed by atoms with Crippen LogP contribution in [0.2, 0.25) is 0 Å². The van der Waals surface area contributed by atoms with Crippen molar-refractivity contribution in [1.29, 1.82) is 0 Å². The lowest BCUT2D eigenvalue weighted by Crippen LogP contribution is -2.35. The molecular formula is C26H31N5O2. The highest BCUT2D eigenvalue weighted by Gasteiger charge is 2.23. The van der Waals surface area contributed by atoms with E-state index >= 15 is 0 Å². The SMILES string of the molecule is CC(C)CCn1c(Cn2c(=O)n(C3CCNCC3)c3ccccc32)nc(=O)c2ccccc21. The zero-order valence-electron chi connectivity index (χ0n) is 19.3. The maximum atomic E-state index is 13.7. The lowest BCUT2D eigenvalue weighted by molar-refractivity contribution is 0.364. The number of nitrogens with one attached hydrogen (secondary N) is 1. The third kappa shape index (κ3) is 4.02. The number of hydrogen-bond acceptors (Lipinski definition) is 4. The first-order valence-electron chi connectivity index (χ1n) is 11.9. The number of rotatable bonds is 6. The number of aryl methyl sites for hydroxylation is 1. The molecule has 0 amide bonds. The zero-order valence-corrected chi connectivity index (χ0v) is 19.3. The second-order valence-corrected chi connectivity index (χ2v) is 9.39. The summed E-state index contributed by atoms with van der Waals surface area (Å²) < 4.78 is 5.87. The second-order valence-electron chi connectivity index (χ2n) is 9.39. The fourth-order valence-corrected chi connectivity index (χ4v) is 4.97. The summed E-state index contributed by atoms with van der Waals surface area (Å²) in [6.07, 6.45) is 2.83. The van der Waals surface area contributed by atoms with E-state index in [1.165, 1.54) is 0 Å². The van der Waals surface area contributed by atoms with Crippen molar-refractivity contribution in [1.82, 2.24) is 24.0 Å². The van der Waals surface area contributed by atoms with E-state index in [0.717, 1.165) is 55.4 Å². The Hall–Kier alpha value is -3.19. The van der Waals surface area contributed by atoms with Crippen LogP contribution >= 0.6 is 0 Å². The van der Waals surface area contributed by atoms with Crippen LogP contribution in [0.1, 0.15) is 45.0 Å². The molecule has 4 aromatic rings. The topological polar surface area (TPSA) is 73.8 Å². The molecule has 33 heavy (non-hydrogen) atoms. The number of para-hydroxylation sites is 3. The molecule has 172 valence electrons. The normalized spacial score (nSPS) is 15.1. The summed E-state index contributed by atoms with van der Waals surface area (Å²) >= 11 is 0. The Morgan fingerprint density at radius 1 is 0.939 bits per heavy atom. The van der Waals surface area contributed by atoms with Crippen LogP contribution in [0.3, 0.4) is 0 Å². The second kappa shape index (κ2) is 8.98. The van der Waals surface area contributed by atoms with Crippen LogP contribution in [0.4, 0.5) is 0 Å². The molecule has 2 aromatic heterocycles. The molecule has 1 fully saturated rings. The molecule has 2 aromatic carbocycles. The molecule has 7 nitrogen and oxygen atoms in total. The van der Waals surface area contributed by atoms with Gasteiger partial charge < -0.3 is 9.88 Å². The van der Waals surface area contributed by atoms with Gasteiger partial charge in [-0.3, -0.25) is 13.9 Å². The zero-order chi connectivity index (χ0) is 22.9. The molecule has 7 heteroatoms. The van der Waals surface area contributed by atoms with Gasteiger partial charge in [0.05, 0.1) is 28.5 Å². The van der Waals surface area contributed by atoms with Gasteiger partial charge >= 0.3 is 5.69 Å². The maximum Gasteiger partial charge on any atom is 0.329 e. The Labute approximate surface area is 192 Å². The fraction of sp³-hybridized carbons (Fsp3) is 0.423. The molecule has 0 spiro atoms. The summed E-state index contributed by atoms with van der Waals surface area (Å²) in [5.41, 5.74) is 2.45. The van der Waals surface area contributed by atoms with Gasteiger partial charge in [0.15, 0.2) is 0 Å². The standard InChI is InChI=1S/C26H31N5O2/c1-18(2)13-16-29-21-8-4-3-7-20(21)25(32)28-24(29)17-30-22-9-5-6-10-23(22)31(26(30)33)19-11-14-27-15-12-19/h3-10,18-19,27H,11-17H2,1-2H3.